The lowest BCUT2D eigenvalue weighted by Gasteiger charge is -2.33. The summed E-state index contributed by atoms with van der Waals surface area (Å²) in [5, 5.41) is 0. The number of benzene rings is 1. The zero-order chi connectivity index (χ0) is 10.9. The second kappa shape index (κ2) is 3.94. The summed E-state index contributed by atoms with van der Waals surface area (Å²) in [6.07, 6.45) is 0. The fourth-order valence-electron chi connectivity index (χ4n) is 1.94. The molecule has 15 heavy (non-hydrogen) atoms. The highest BCUT2D eigenvalue weighted by Gasteiger charge is 2.27. The van der Waals surface area contributed by atoms with Crippen LogP contribution in [0.3, 0.4) is 0 Å². The minimum absolute atomic E-state index is 0.143. The van der Waals surface area contributed by atoms with Crippen molar-refractivity contribution in [2.24, 2.45) is 0 Å². The van der Waals surface area contributed by atoms with Gasteiger partial charge >= 0.3 is 0 Å². The smallest absolute Gasteiger partial charge is 0.0513 e. The largest absolute Gasteiger partial charge is 0.297 e. The Hall–Kier alpha value is -0.870. The summed E-state index contributed by atoms with van der Waals surface area (Å²) in [6.45, 7) is 0.752. The number of hydrogen-bond acceptors (Lipinski definition) is 3. The van der Waals surface area contributed by atoms with Gasteiger partial charge in [0.15, 0.2) is 0 Å². The Morgan fingerprint density at radius 3 is 2.73 bits per heavy atom. The second-order valence-electron chi connectivity index (χ2n) is 4.09. The van der Waals surface area contributed by atoms with Crippen molar-refractivity contribution >= 4 is 9.73 Å². The van der Waals surface area contributed by atoms with Crippen molar-refractivity contribution in [1.82, 2.24) is 4.90 Å². The van der Waals surface area contributed by atoms with Crippen LogP contribution in [-0.2, 0) is 9.73 Å². The van der Waals surface area contributed by atoms with E-state index >= 15 is 0 Å². The molecule has 1 heterocycles. The molecule has 0 spiro atoms. The van der Waals surface area contributed by atoms with Gasteiger partial charge in [0.2, 0.25) is 0 Å². The fourth-order valence-corrected chi connectivity index (χ4v) is 3.65. The van der Waals surface area contributed by atoms with E-state index in [2.05, 4.69) is 4.90 Å². The fraction of sp³-hybridized carbons (Fsp3) is 0.455. The van der Waals surface area contributed by atoms with Gasteiger partial charge < -0.3 is 0 Å². The van der Waals surface area contributed by atoms with Crippen molar-refractivity contribution in [2.75, 3.05) is 25.1 Å². The molecular formula is C11H16N2OS. The van der Waals surface area contributed by atoms with Crippen molar-refractivity contribution in [1.29, 1.82) is 4.78 Å². The number of rotatable bonds is 1. The quantitative estimate of drug-likeness (QED) is 0.789. The van der Waals surface area contributed by atoms with Gasteiger partial charge in [-0.1, -0.05) is 30.3 Å². The van der Waals surface area contributed by atoms with Crippen molar-refractivity contribution in [3.8, 4) is 0 Å². The van der Waals surface area contributed by atoms with Crippen LogP contribution in [0.2, 0.25) is 0 Å². The van der Waals surface area contributed by atoms with Crippen LogP contribution >= 0.6 is 0 Å². The molecule has 1 aromatic carbocycles. The standard InChI is InChI=1S/C11H16N2OS/c1-13-7-8-15(12,14)9-11(13)10-5-3-2-4-6-10/h2-6,11-12H,7-9H2,1H3. The summed E-state index contributed by atoms with van der Waals surface area (Å²) in [5.41, 5.74) is 1.17. The van der Waals surface area contributed by atoms with E-state index in [-0.39, 0.29) is 6.04 Å². The average molecular weight is 224 g/mol. The van der Waals surface area contributed by atoms with Crippen molar-refractivity contribution in [2.45, 2.75) is 6.04 Å². The first-order chi connectivity index (χ1) is 7.08. The first-order valence-corrected chi connectivity index (χ1v) is 6.97. The normalized spacial score (nSPS) is 32.7. The first-order valence-electron chi connectivity index (χ1n) is 5.08. The van der Waals surface area contributed by atoms with Gasteiger partial charge in [0.05, 0.1) is 5.75 Å². The van der Waals surface area contributed by atoms with Crippen LogP contribution in [0.5, 0.6) is 0 Å². The SMILES string of the molecule is CN1CCS(=N)(=O)CC1c1ccccc1. The molecule has 1 N–H and O–H groups in total. The lowest BCUT2D eigenvalue weighted by atomic mass is 10.1. The molecule has 0 radical (unpaired) electrons. The van der Waals surface area contributed by atoms with E-state index in [4.69, 9.17) is 4.78 Å². The highest BCUT2D eigenvalue weighted by Crippen LogP contribution is 2.25. The molecule has 3 nitrogen and oxygen atoms in total. The minimum Gasteiger partial charge on any atom is -0.297 e. The molecule has 1 saturated heterocycles. The molecule has 1 fully saturated rings. The highest BCUT2D eigenvalue weighted by atomic mass is 32.2. The summed E-state index contributed by atoms with van der Waals surface area (Å²) in [7, 11) is -0.321. The molecule has 82 valence electrons. The summed E-state index contributed by atoms with van der Waals surface area (Å²) < 4.78 is 19.5. The van der Waals surface area contributed by atoms with E-state index in [0.717, 1.165) is 6.54 Å². The van der Waals surface area contributed by atoms with Gasteiger partial charge in [-0.05, 0) is 12.6 Å². The summed E-state index contributed by atoms with van der Waals surface area (Å²) >= 11 is 0. The third-order valence-electron chi connectivity index (χ3n) is 2.92. The van der Waals surface area contributed by atoms with E-state index in [1.165, 1.54) is 5.56 Å². The summed E-state index contributed by atoms with van der Waals surface area (Å²) in [6, 6.07) is 10.2. The van der Waals surface area contributed by atoms with E-state index < -0.39 is 9.73 Å². The van der Waals surface area contributed by atoms with Crippen LogP contribution < -0.4 is 0 Å². The molecule has 0 aliphatic carbocycles. The van der Waals surface area contributed by atoms with Gasteiger partial charge in [0.1, 0.15) is 0 Å². The van der Waals surface area contributed by atoms with Crippen molar-refractivity contribution in [3.63, 3.8) is 0 Å². The van der Waals surface area contributed by atoms with Crippen LogP contribution in [0, 0.1) is 4.78 Å². The molecule has 2 rings (SSSR count). The third kappa shape index (κ3) is 2.38. The first kappa shape index (κ1) is 10.6. The lowest BCUT2D eigenvalue weighted by molar-refractivity contribution is 0.269. The topological polar surface area (TPSA) is 44.2 Å². The number of hydrogen-bond donors (Lipinski definition) is 1. The van der Waals surface area contributed by atoms with Gasteiger partial charge in [0.25, 0.3) is 0 Å². The van der Waals surface area contributed by atoms with Gasteiger partial charge in [-0.25, -0.2) is 4.21 Å². The van der Waals surface area contributed by atoms with Crippen LogP contribution in [0.15, 0.2) is 30.3 Å². The van der Waals surface area contributed by atoms with Gasteiger partial charge in [-0.2, -0.15) is 0 Å². The van der Waals surface area contributed by atoms with Crippen LogP contribution in [0.4, 0.5) is 0 Å². The van der Waals surface area contributed by atoms with E-state index in [1.807, 2.05) is 37.4 Å². The minimum atomic E-state index is -2.35. The number of nitrogens with zero attached hydrogens (tertiary/aromatic N) is 1. The maximum atomic E-state index is 11.8. The zero-order valence-corrected chi connectivity index (χ0v) is 9.67. The monoisotopic (exact) mass is 224 g/mol. The predicted molar refractivity (Wildman–Crippen MR) is 62.4 cm³/mol. The molecule has 0 amide bonds. The Kier molecular flexibility index (Phi) is 2.80. The number of nitrogens with one attached hydrogen (secondary N) is 1. The second-order valence-corrected chi connectivity index (χ2v) is 6.45. The maximum absolute atomic E-state index is 11.8. The van der Waals surface area contributed by atoms with E-state index in [0.29, 0.717) is 11.5 Å². The van der Waals surface area contributed by atoms with Crippen LogP contribution in [0.25, 0.3) is 0 Å². The van der Waals surface area contributed by atoms with Crippen molar-refractivity contribution in [3.05, 3.63) is 35.9 Å². The molecule has 1 aliphatic rings. The molecule has 1 aromatic rings. The van der Waals surface area contributed by atoms with E-state index in [1.54, 1.807) is 0 Å². The Bertz CT molecular complexity index is 427. The Balaban J connectivity index is 2.28. The van der Waals surface area contributed by atoms with Crippen LogP contribution in [0.1, 0.15) is 11.6 Å². The Morgan fingerprint density at radius 2 is 2.07 bits per heavy atom. The third-order valence-corrected chi connectivity index (χ3v) is 4.61. The van der Waals surface area contributed by atoms with Gasteiger partial charge in [0, 0.05) is 28.1 Å². The Morgan fingerprint density at radius 1 is 1.40 bits per heavy atom. The molecule has 4 heteroatoms. The molecule has 0 saturated carbocycles. The molecule has 2 unspecified atom stereocenters. The highest BCUT2D eigenvalue weighted by molar-refractivity contribution is 7.92. The maximum Gasteiger partial charge on any atom is 0.0513 e. The molecule has 2 atom stereocenters. The van der Waals surface area contributed by atoms with Crippen LogP contribution in [-0.4, -0.2) is 34.2 Å². The molecular weight excluding hydrogens is 208 g/mol. The molecule has 1 aliphatic heterocycles. The van der Waals surface area contributed by atoms with Gasteiger partial charge in [-0.3, -0.25) is 9.68 Å². The zero-order valence-electron chi connectivity index (χ0n) is 8.85. The van der Waals surface area contributed by atoms with Gasteiger partial charge in [-0.15, -0.1) is 0 Å². The van der Waals surface area contributed by atoms with E-state index in [9.17, 15) is 4.21 Å². The summed E-state index contributed by atoms with van der Waals surface area (Å²) in [4.78, 5) is 2.19. The predicted octanol–water partition coefficient (Wildman–Crippen LogP) is 1.72. The average Bonchev–Trinajstić information content (AvgIpc) is 2.23. The summed E-state index contributed by atoms with van der Waals surface area (Å²) in [5.74, 6) is 0.973. The Labute approximate surface area is 91.1 Å². The molecule has 0 aromatic heterocycles. The molecule has 0 bridgehead atoms. The van der Waals surface area contributed by atoms with Crippen molar-refractivity contribution < 1.29 is 4.21 Å². The lowest BCUT2D eigenvalue weighted by Crippen LogP contribution is -2.40.